The maximum atomic E-state index is 12.8. The number of methoxy groups -OCH3 is 1. The quantitative estimate of drug-likeness (QED) is 0.910. The second-order valence-corrected chi connectivity index (χ2v) is 6.10. The monoisotopic (exact) mass is 316 g/mol. The number of ether oxygens (including phenoxy) is 1. The van der Waals surface area contributed by atoms with Gasteiger partial charge in [0.05, 0.1) is 17.8 Å². The molecule has 7 heteroatoms. The van der Waals surface area contributed by atoms with Crippen molar-refractivity contribution in [2.45, 2.75) is 37.6 Å². The highest BCUT2D eigenvalue weighted by molar-refractivity contribution is 5.42. The van der Waals surface area contributed by atoms with Gasteiger partial charge in [-0.1, -0.05) is 0 Å². The molecule has 1 aliphatic heterocycles. The standard InChI is InChI=1S/C15H19F3N2O2/c1-22-12-9-11(21)14(12)3-6-20(7-4-14)13-8-10(2-5-19-13)15(16,17)18/h2,5,8,11-12,21H,3-4,6-7,9H2,1H3/t11-,12+/m0/s1. The van der Waals surface area contributed by atoms with Crippen molar-refractivity contribution in [3.05, 3.63) is 23.9 Å². The Morgan fingerprint density at radius 1 is 1.36 bits per heavy atom. The van der Waals surface area contributed by atoms with Crippen molar-refractivity contribution < 1.29 is 23.0 Å². The van der Waals surface area contributed by atoms with Crippen LogP contribution in [0.15, 0.2) is 18.3 Å². The molecule has 3 rings (SSSR count). The summed E-state index contributed by atoms with van der Waals surface area (Å²) < 4.78 is 43.7. The molecule has 1 aliphatic carbocycles. The SMILES string of the molecule is CO[C@@H]1C[C@H](O)C12CCN(c1cc(C(F)(F)F)ccn1)CC2. The van der Waals surface area contributed by atoms with E-state index in [1.54, 1.807) is 7.11 Å². The number of aliphatic hydroxyl groups excluding tert-OH is 1. The smallest absolute Gasteiger partial charge is 0.392 e. The Morgan fingerprint density at radius 3 is 2.59 bits per heavy atom. The van der Waals surface area contributed by atoms with E-state index in [2.05, 4.69) is 4.98 Å². The molecule has 122 valence electrons. The van der Waals surface area contributed by atoms with Gasteiger partial charge in [0.1, 0.15) is 5.82 Å². The topological polar surface area (TPSA) is 45.6 Å². The number of hydrogen-bond acceptors (Lipinski definition) is 4. The van der Waals surface area contributed by atoms with Gasteiger partial charge in [0, 0.05) is 38.2 Å². The van der Waals surface area contributed by atoms with Crippen LogP contribution in [-0.2, 0) is 10.9 Å². The number of anilines is 1. The molecular weight excluding hydrogens is 297 g/mol. The van der Waals surface area contributed by atoms with Crippen molar-refractivity contribution in [2.75, 3.05) is 25.1 Å². The second-order valence-electron chi connectivity index (χ2n) is 6.10. The first-order valence-electron chi connectivity index (χ1n) is 7.36. The molecule has 1 aromatic rings. The van der Waals surface area contributed by atoms with E-state index in [0.717, 1.165) is 12.1 Å². The van der Waals surface area contributed by atoms with Crippen LogP contribution in [0.2, 0.25) is 0 Å². The summed E-state index contributed by atoms with van der Waals surface area (Å²) in [4.78, 5) is 5.90. The van der Waals surface area contributed by atoms with Crippen molar-refractivity contribution >= 4 is 5.82 Å². The predicted molar refractivity (Wildman–Crippen MR) is 74.5 cm³/mol. The molecule has 2 fully saturated rings. The molecule has 1 N–H and O–H groups in total. The first-order valence-corrected chi connectivity index (χ1v) is 7.36. The van der Waals surface area contributed by atoms with Crippen molar-refractivity contribution in [3.63, 3.8) is 0 Å². The molecule has 1 saturated carbocycles. The highest BCUT2D eigenvalue weighted by atomic mass is 19.4. The summed E-state index contributed by atoms with van der Waals surface area (Å²) in [5.41, 5.74) is -0.927. The zero-order chi connectivity index (χ0) is 16.0. The third-order valence-corrected chi connectivity index (χ3v) is 5.12. The highest BCUT2D eigenvalue weighted by Gasteiger charge is 2.55. The van der Waals surface area contributed by atoms with Crippen LogP contribution in [-0.4, -0.2) is 42.5 Å². The number of alkyl halides is 3. The van der Waals surface area contributed by atoms with Crippen molar-refractivity contribution in [3.8, 4) is 0 Å². The van der Waals surface area contributed by atoms with E-state index in [1.165, 1.54) is 6.20 Å². The van der Waals surface area contributed by atoms with E-state index in [0.29, 0.717) is 38.2 Å². The van der Waals surface area contributed by atoms with E-state index in [-0.39, 0.29) is 17.6 Å². The normalized spacial score (nSPS) is 27.8. The Balaban J connectivity index is 1.72. The predicted octanol–water partition coefficient (Wildman–Crippen LogP) is 2.47. The maximum Gasteiger partial charge on any atom is 0.416 e. The van der Waals surface area contributed by atoms with Gasteiger partial charge in [-0.15, -0.1) is 0 Å². The molecule has 0 bridgehead atoms. The van der Waals surface area contributed by atoms with Gasteiger partial charge in [-0.3, -0.25) is 0 Å². The third-order valence-electron chi connectivity index (χ3n) is 5.12. The average molecular weight is 316 g/mol. The fraction of sp³-hybridized carbons (Fsp3) is 0.667. The fourth-order valence-corrected chi connectivity index (χ4v) is 3.63. The van der Waals surface area contributed by atoms with Gasteiger partial charge >= 0.3 is 6.18 Å². The summed E-state index contributed by atoms with van der Waals surface area (Å²) in [6, 6.07) is 2.06. The Kier molecular flexibility index (Phi) is 3.81. The van der Waals surface area contributed by atoms with Gasteiger partial charge in [0.2, 0.25) is 0 Å². The van der Waals surface area contributed by atoms with E-state index >= 15 is 0 Å². The molecule has 22 heavy (non-hydrogen) atoms. The van der Waals surface area contributed by atoms with Gasteiger partial charge < -0.3 is 14.7 Å². The van der Waals surface area contributed by atoms with Crippen LogP contribution in [0.3, 0.4) is 0 Å². The number of rotatable bonds is 2. The van der Waals surface area contributed by atoms with Gasteiger partial charge in [-0.25, -0.2) is 4.98 Å². The molecule has 1 spiro atoms. The van der Waals surface area contributed by atoms with E-state index in [1.807, 2.05) is 4.90 Å². The van der Waals surface area contributed by atoms with E-state index in [4.69, 9.17) is 4.74 Å². The molecule has 2 aliphatic rings. The summed E-state index contributed by atoms with van der Waals surface area (Å²) in [5.74, 6) is 0.340. The zero-order valence-electron chi connectivity index (χ0n) is 12.3. The maximum absolute atomic E-state index is 12.8. The third kappa shape index (κ3) is 2.46. The molecule has 2 heterocycles. The Labute approximate surface area is 126 Å². The summed E-state index contributed by atoms with van der Waals surface area (Å²) >= 11 is 0. The Morgan fingerprint density at radius 2 is 2.05 bits per heavy atom. The molecule has 1 saturated heterocycles. The minimum atomic E-state index is -4.36. The van der Waals surface area contributed by atoms with E-state index in [9.17, 15) is 18.3 Å². The molecule has 0 amide bonds. The van der Waals surface area contributed by atoms with Gasteiger partial charge in [0.15, 0.2) is 0 Å². The summed E-state index contributed by atoms with van der Waals surface area (Å²) in [7, 11) is 1.64. The van der Waals surface area contributed by atoms with Crippen LogP contribution in [0.4, 0.5) is 19.0 Å². The zero-order valence-corrected chi connectivity index (χ0v) is 12.3. The number of aliphatic hydroxyl groups is 1. The lowest BCUT2D eigenvalue weighted by molar-refractivity contribution is -0.190. The average Bonchev–Trinajstić information content (AvgIpc) is 2.52. The van der Waals surface area contributed by atoms with Crippen LogP contribution in [0.25, 0.3) is 0 Å². The molecular formula is C15H19F3N2O2. The first kappa shape index (κ1) is 15.6. The Hall–Kier alpha value is -1.34. The number of halogens is 3. The van der Waals surface area contributed by atoms with Crippen molar-refractivity contribution in [1.82, 2.24) is 4.98 Å². The molecule has 0 aromatic carbocycles. The van der Waals surface area contributed by atoms with Crippen molar-refractivity contribution in [2.24, 2.45) is 5.41 Å². The fourth-order valence-electron chi connectivity index (χ4n) is 3.63. The number of nitrogens with zero attached hydrogens (tertiary/aromatic N) is 2. The molecule has 0 unspecified atom stereocenters. The van der Waals surface area contributed by atoms with Crippen LogP contribution in [0, 0.1) is 5.41 Å². The molecule has 4 nitrogen and oxygen atoms in total. The minimum Gasteiger partial charge on any atom is -0.392 e. The minimum absolute atomic E-state index is 0.0409. The van der Waals surface area contributed by atoms with E-state index < -0.39 is 11.7 Å². The van der Waals surface area contributed by atoms with Gasteiger partial charge in [-0.2, -0.15) is 13.2 Å². The molecule has 2 atom stereocenters. The highest BCUT2D eigenvalue weighted by Crippen LogP contribution is 2.51. The van der Waals surface area contributed by atoms with Crippen LogP contribution in [0.5, 0.6) is 0 Å². The number of aromatic nitrogens is 1. The van der Waals surface area contributed by atoms with Crippen molar-refractivity contribution in [1.29, 1.82) is 0 Å². The number of pyridine rings is 1. The van der Waals surface area contributed by atoms with Crippen LogP contribution in [0.1, 0.15) is 24.8 Å². The summed E-state index contributed by atoms with van der Waals surface area (Å²) in [6.07, 6.45) is -1.47. The summed E-state index contributed by atoms with van der Waals surface area (Å²) in [6.45, 7) is 1.15. The van der Waals surface area contributed by atoms with Crippen LogP contribution >= 0.6 is 0 Å². The number of hydrogen-bond donors (Lipinski definition) is 1. The second kappa shape index (κ2) is 5.38. The van der Waals surface area contributed by atoms with Gasteiger partial charge in [-0.05, 0) is 25.0 Å². The van der Waals surface area contributed by atoms with Crippen LogP contribution < -0.4 is 4.90 Å². The molecule has 0 radical (unpaired) electrons. The number of piperidine rings is 1. The Bertz CT molecular complexity index is 542. The molecule has 1 aromatic heterocycles. The lowest BCUT2D eigenvalue weighted by atomic mass is 9.58. The van der Waals surface area contributed by atoms with Gasteiger partial charge in [0.25, 0.3) is 0 Å². The first-order chi connectivity index (χ1) is 10.4. The lowest BCUT2D eigenvalue weighted by Crippen LogP contribution is -2.62. The summed E-state index contributed by atoms with van der Waals surface area (Å²) in [5, 5.41) is 10.1. The largest absolute Gasteiger partial charge is 0.416 e. The lowest BCUT2D eigenvalue weighted by Gasteiger charge is -2.56.